The molecule has 2 nitrogen and oxygen atoms in total. The maximum atomic E-state index is 11.2. The van der Waals surface area contributed by atoms with Crippen molar-refractivity contribution in [1.29, 1.82) is 0 Å². The zero-order chi connectivity index (χ0) is 9.52. The molecule has 13 heavy (non-hydrogen) atoms. The first-order chi connectivity index (χ1) is 6.33. The van der Waals surface area contributed by atoms with E-state index in [1.165, 1.54) is 12.8 Å². The number of hydrogen-bond donors (Lipinski definition) is 1. The lowest BCUT2D eigenvalue weighted by Crippen LogP contribution is -2.20. The molecule has 0 spiro atoms. The molecule has 0 unspecified atom stereocenters. The van der Waals surface area contributed by atoms with Crippen molar-refractivity contribution in [3.05, 3.63) is 12.7 Å². The Hall–Kier alpha value is -0.630. The molecule has 0 aliphatic heterocycles. The van der Waals surface area contributed by atoms with E-state index in [2.05, 4.69) is 11.9 Å². The van der Waals surface area contributed by atoms with Crippen LogP contribution in [0.15, 0.2) is 12.7 Å². The number of ketones is 1. The molecular formula is C11H19NO. The van der Waals surface area contributed by atoms with Crippen LogP contribution >= 0.6 is 0 Å². The van der Waals surface area contributed by atoms with Gasteiger partial charge >= 0.3 is 0 Å². The summed E-state index contributed by atoms with van der Waals surface area (Å²) in [6, 6.07) is 0.723. The van der Waals surface area contributed by atoms with Gasteiger partial charge in [-0.15, -0.1) is 6.58 Å². The van der Waals surface area contributed by atoms with E-state index in [0.717, 1.165) is 31.8 Å². The second-order valence-electron chi connectivity index (χ2n) is 3.70. The molecule has 1 saturated carbocycles. The van der Waals surface area contributed by atoms with Crippen LogP contribution in [0.5, 0.6) is 0 Å². The van der Waals surface area contributed by atoms with Gasteiger partial charge in [-0.05, 0) is 25.7 Å². The van der Waals surface area contributed by atoms with Gasteiger partial charge in [-0.3, -0.25) is 4.79 Å². The van der Waals surface area contributed by atoms with Crippen LogP contribution in [0.2, 0.25) is 0 Å². The van der Waals surface area contributed by atoms with E-state index in [1.54, 1.807) is 0 Å². The third-order valence-corrected chi connectivity index (χ3v) is 2.28. The van der Waals surface area contributed by atoms with Crippen molar-refractivity contribution < 1.29 is 4.79 Å². The van der Waals surface area contributed by atoms with E-state index >= 15 is 0 Å². The molecule has 2 heteroatoms. The van der Waals surface area contributed by atoms with Gasteiger partial charge in [0.1, 0.15) is 5.78 Å². The third-order valence-electron chi connectivity index (χ3n) is 2.28. The maximum absolute atomic E-state index is 11.2. The number of carbonyl (C=O) groups excluding carboxylic acids is 1. The van der Waals surface area contributed by atoms with Crippen LogP contribution in [-0.2, 0) is 4.79 Å². The largest absolute Gasteiger partial charge is 0.314 e. The highest BCUT2D eigenvalue weighted by atomic mass is 16.1. The number of nitrogens with one attached hydrogen (secondary N) is 1. The van der Waals surface area contributed by atoms with Gasteiger partial charge in [0.25, 0.3) is 0 Å². The van der Waals surface area contributed by atoms with Crippen molar-refractivity contribution >= 4 is 5.78 Å². The van der Waals surface area contributed by atoms with Crippen molar-refractivity contribution in [2.45, 2.75) is 44.6 Å². The first kappa shape index (κ1) is 10.5. The number of rotatable bonds is 8. The highest BCUT2D eigenvalue weighted by molar-refractivity contribution is 5.78. The van der Waals surface area contributed by atoms with Gasteiger partial charge in [-0.25, -0.2) is 0 Å². The molecule has 1 fully saturated rings. The van der Waals surface area contributed by atoms with Gasteiger partial charge in [-0.1, -0.05) is 6.08 Å². The predicted octanol–water partition coefficient (Wildman–Crippen LogP) is 2.05. The molecule has 0 bridgehead atoms. The van der Waals surface area contributed by atoms with Crippen LogP contribution in [0.3, 0.4) is 0 Å². The Morgan fingerprint density at radius 2 is 2.23 bits per heavy atom. The lowest BCUT2D eigenvalue weighted by atomic mass is 10.1. The molecule has 0 atom stereocenters. The number of carbonyl (C=O) groups is 1. The molecule has 1 N–H and O–H groups in total. The molecule has 0 amide bonds. The summed E-state index contributed by atoms with van der Waals surface area (Å²) in [5.41, 5.74) is 0. The van der Waals surface area contributed by atoms with E-state index in [-0.39, 0.29) is 0 Å². The van der Waals surface area contributed by atoms with E-state index in [9.17, 15) is 4.79 Å². The SMILES string of the molecule is C=CCCCC(=O)CCNC1CC1. The average molecular weight is 181 g/mol. The number of hydrogen-bond acceptors (Lipinski definition) is 2. The van der Waals surface area contributed by atoms with Gasteiger partial charge in [0, 0.05) is 25.4 Å². The zero-order valence-corrected chi connectivity index (χ0v) is 8.22. The smallest absolute Gasteiger partial charge is 0.134 e. The Labute approximate surface area is 80.4 Å². The van der Waals surface area contributed by atoms with Gasteiger partial charge in [0.2, 0.25) is 0 Å². The molecule has 0 aromatic heterocycles. The van der Waals surface area contributed by atoms with E-state index in [1.807, 2.05) is 6.08 Å². The summed E-state index contributed by atoms with van der Waals surface area (Å²) < 4.78 is 0. The fourth-order valence-corrected chi connectivity index (χ4v) is 1.27. The molecule has 1 aliphatic rings. The van der Waals surface area contributed by atoms with Crippen LogP contribution in [0.1, 0.15) is 38.5 Å². The van der Waals surface area contributed by atoms with Gasteiger partial charge in [-0.2, -0.15) is 0 Å². The summed E-state index contributed by atoms with van der Waals surface area (Å²) in [6.45, 7) is 4.50. The van der Waals surface area contributed by atoms with E-state index in [0.29, 0.717) is 12.2 Å². The molecule has 74 valence electrons. The van der Waals surface area contributed by atoms with Gasteiger partial charge in [0.15, 0.2) is 0 Å². The fraction of sp³-hybridized carbons (Fsp3) is 0.727. The minimum Gasteiger partial charge on any atom is -0.314 e. The first-order valence-electron chi connectivity index (χ1n) is 5.19. The maximum Gasteiger partial charge on any atom is 0.134 e. The first-order valence-corrected chi connectivity index (χ1v) is 5.19. The number of unbranched alkanes of at least 4 members (excludes halogenated alkanes) is 1. The molecule has 0 heterocycles. The lowest BCUT2D eigenvalue weighted by Gasteiger charge is -2.01. The predicted molar refractivity (Wildman–Crippen MR) is 54.7 cm³/mol. The summed E-state index contributed by atoms with van der Waals surface area (Å²) in [6.07, 6.45) is 7.81. The van der Waals surface area contributed by atoms with E-state index in [4.69, 9.17) is 0 Å². The lowest BCUT2D eigenvalue weighted by molar-refractivity contribution is -0.119. The van der Waals surface area contributed by atoms with Crippen molar-refractivity contribution in [3.8, 4) is 0 Å². The summed E-state index contributed by atoms with van der Waals surface area (Å²) in [5, 5.41) is 3.34. The van der Waals surface area contributed by atoms with E-state index < -0.39 is 0 Å². The van der Waals surface area contributed by atoms with Crippen LogP contribution in [0, 0.1) is 0 Å². The molecule has 0 radical (unpaired) electrons. The summed E-state index contributed by atoms with van der Waals surface area (Å²) in [4.78, 5) is 11.2. The Morgan fingerprint density at radius 3 is 2.85 bits per heavy atom. The monoisotopic (exact) mass is 181 g/mol. The van der Waals surface area contributed by atoms with Crippen molar-refractivity contribution in [3.63, 3.8) is 0 Å². The van der Waals surface area contributed by atoms with Crippen LogP contribution in [-0.4, -0.2) is 18.4 Å². The van der Waals surface area contributed by atoms with Crippen molar-refractivity contribution in [2.24, 2.45) is 0 Å². The standard InChI is InChI=1S/C11H19NO/c1-2-3-4-5-11(13)8-9-12-10-6-7-10/h2,10,12H,1,3-9H2. The Kier molecular flexibility index (Phi) is 4.76. The topological polar surface area (TPSA) is 29.1 Å². The normalized spacial score (nSPS) is 15.7. The Bertz CT molecular complexity index is 173. The minimum atomic E-state index is 0.384. The molecule has 0 saturated heterocycles. The third kappa shape index (κ3) is 5.58. The molecule has 1 aliphatic carbocycles. The molecule has 0 aromatic rings. The molecular weight excluding hydrogens is 162 g/mol. The zero-order valence-electron chi connectivity index (χ0n) is 8.22. The summed E-state index contributed by atoms with van der Waals surface area (Å²) >= 11 is 0. The Balaban J connectivity index is 1.87. The average Bonchev–Trinajstić information content (AvgIpc) is 2.89. The highest BCUT2D eigenvalue weighted by Crippen LogP contribution is 2.18. The number of allylic oxidation sites excluding steroid dienone is 1. The molecule has 0 aromatic carbocycles. The minimum absolute atomic E-state index is 0.384. The van der Waals surface area contributed by atoms with Crippen LogP contribution in [0.25, 0.3) is 0 Å². The van der Waals surface area contributed by atoms with Gasteiger partial charge < -0.3 is 5.32 Å². The van der Waals surface area contributed by atoms with Crippen molar-refractivity contribution in [2.75, 3.05) is 6.54 Å². The highest BCUT2D eigenvalue weighted by Gasteiger charge is 2.19. The summed E-state index contributed by atoms with van der Waals surface area (Å²) in [5.74, 6) is 0.384. The van der Waals surface area contributed by atoms with Crippen molar-refractivity contribution in [1.82, 2.24) is 5.32 Å². The second kappa shape index (κ2) is 5.92. The van der Waals surface area contributed by atoms with Crippen LogP contribution in [0.4, 0.5) is 0 Å². The quantitative estimate of drug-likeness (QED) is 0.458. The Morgan fingerprint density at radius 1 is 1.46 bits per heavy atom. The van der Waals surface area contributed by atoms with Gasteiger partial charge in [0.05, 0.1) is 0 Å². The van der Waals surface area contributed by atoms with Crippen LogP contribution < -0.4 is 5.32 Å². The number of Topliss-reactive ketones (excluding diaryl/α,β-unsaturated/α-hetero) is 1. The summed E-state index contributed by atoms with van der Waals surface area (Å²) in [7, 11) is 0. The second-order valence-corrected chi connectivity index (χ2v) is 3.70. The fourth-order valence-electron chi connectivity index (χ4n) is 1.27. The molecule has 1 rings (SSSR count).